The van der Waals surface area contributed by atoms with E-state index in [1.807, 2.05) is 4.90 Å². The van der Waals surface area contributed by atoms with Crippen molar-refractivity contribution in [3.63, 3.8) is 0 Å². The van der Waals surface area contributed by atoms with Gasteiger partial charge in [-0.25, -0.2) is 0 Å². The van der Waals surface area contributed by atoms with Crippen LogP contribution in [0, 0.1) is 6.92 Å². The zero-order chi connectivity index (χ0) is 12.6. The van der Waals surface area contributed by atoms with Crippen molar-refractivity contribution >= 4 is 5.69 Å². The Kier molecular flexibility index (Phi) is 3.15. The van der Waals surface area contributed by atoms with Gasteiger partial charge >= 0.3 is 0 Å². The molecule has 1 N–H and O–H groups in total. The summed E-state index contributed by atoms with van der Waals surface area (Å²) in [6.45, 7) is 8.56. The van der Waals surface area contributed by atoms with E-state index < -0.39 is 5.91 Å². The van der Waals surface area contributed by atoms with Crippen LogP contribution in [0.15, 0.2) is 18.2 Å². The second kappa shape index (κ2) is 4.31. The molecule has 1 aliphatic heterocycles. The summed E-state index contributed by atoms with van der Waals surface area (Å²) in [5.41, 5.74) is 3.55. The molecule has 1 aromatic rings. The lowest BCUT2D eigenvalue weighted by molar-refractivity contribution is -0.153. The maximum atomic E-state index is 10.3. The van der Waals surface area contributed by atoms with Crippen LogP contribution in [0.3, 0.4) is 0 Å². The first kappa shape index (κ1) is 12.4. The van der Waals surface area contributed by atoms with Gasteiger partial charge in [-0.2, -0.15) is 0 Å². The Hall–Kier alpha value is -1.06. The van der Waals surface area contributed by atoms with Gasteiger partial charge in [0, 0.05) is 12.6 Å². The molecule has 1 saturated heterocycles. The molecule has 0 aliphatic carbocycles. The van der Waals surface area contributed by atoms with E-state index in [9.17, 15) is 5.11 Å². The van der Waals surface area contributed by atoms with Gasteiger partial charge in [0.25, 0.3) is 0 Å². The predicted molar refractivity (Wildman–Crippen MR) is 69.1 cm³/mol. The van der Waals surface area contributed by atoms with Gasteiger partial charge < -0.3 is 14.7 Å². The molecule has 94 valence electrons. The third kappa shape index (κ3) is 2.05. The van der Waals surface area contributed by atoms with E-state index in [0.717, 1.165) is 12.1 Å². The average molecular weight is 235 g/mol. The summed E-state index contributed by atoms with van der Waals surface area (Å²) in [6, 6.07) is 6.45. The summed E-state index contributed by atoms with van der Waals surface area (Å²) in [5, 5.41) is 10.3. The topological polar surface area (TPSA) is 32.7 Å². The number of benzene rings is 1. The minimum Gasteiger partial charge on any atom is -0.349 e. The highest BCUT2D eigenvalue weighted by atomic mass is 16.7. The third-order valence-electron chi connectivity index (χ3n) is 3.43. The summed E-state index contributed by atoms with van der Waals surface area (Å²) < 4.78 is 5.46. The zero-order valence-electron chi connectivity index (χ0n) is 11.0. The molecule has 0 bridgehead atoms. The molecule has 3 heteroatoms. The SMILES string of the molecule is CCc1cccc(C)c1N1C(C)COC1(C)O. The molecule has 0 saturated carbocycles. The summed E-state index contributed by atoms with van der Waals surface area (Å²) in [5.74, 6) is -1.20. The van der Waals surface area contributed by atoms with Crippen molar-refractivity contribution in [3.05, 3.63) is 29.3 Å². The summed E-state index contributed by atoms with van der Waals surface area (Å²) >= 11 is 0. The number of nitrogens with zero attached hydrogens (tertiary/aromatic N) is 1. The summed E-state index contributed by atoms with van der Waals surface area (Å²) in [6.07, 6.45) is 0.955. The molecular weight excluding hydrogens is 214 g/mol. The highest BCUT2D eigenvalue weighted by molar-refractivity contribution is 5.61. The van der Waals surface area contributed by atoms with Crippen LogP contribution < -0.4 is 4.90 Å². The van der Waals surface area contributed by atoms with Crippen molar-refractivity contribution in [1.29, 1.82) is 0 Å². The Labute approximate surface area is 103 Å². The fraction of sp³-hybridized carbons (Fsp3) is 0.571. The number of aliphatic hydroxyl groups is 1. The molecule has 1 fully saturated rings. The number of para-hydroxylation sites is 1. The molecule has 0 aromatic heterocycles. The van der Waals surface area contributed by atoms with Crippen molar-refractivity contribution in [1.82, 2.24) is 0 Å². The second-order valence-corrected chi connectivity index (χ2v) is 4.90. The first-order valence-corrected chi connectivity index (χ1v) is 6.21. The van der Waals surface area contributed by atoms with Crippen molar-refractivity contribution < 1.29 is 9.84 Å². The van der Waals surface area contributed by atoms with Crippen LogP contribution in [0.4, 0.5) is 5.69 Å². The van der Waals surface area contributed by atoms with E-state index >= 15 is 0 Å². The number of anilines is 1. The van der Waals surface area contributed by atoms with Gasteiger partial charge in [0.15, 0.2) is 0 Å². The quantitative estimate of drug-likeness (QED) is 0.854. The zero-order valence-corrected chi connectivity index (χ0v) is 11.0. The molecule has 1 aliphatic rings. The van der Waals surface area contributed by atoms with E-state index in [-0.39, 0.29) is 6.04 Å². The van der Waals surface area contributed by atoms with Crippen molar-refractivity contribution in [3.8, 4) is 0 Å². The monoisotopic (exact) mass is 235 g/mol. The smallest absolute Gasteiger partial charge is 0.246 e. The normalized spacial score (nSPS) is 28.8. The first-order valence-electron chi connectivity index (χ1n) is 6.21. The van der Waals surface area contributed by atoms with Crippen molar-refractivity contribution in [2.24, 2.45) is 0 Å². The number of aryl methyl sites for hydroxylation is 2. The average Bonchev–Trinajstić information content (AvgIpc) is 2.54. The molecule has 0 amide bonds. The van der Waals surface area contributed by atoms with Crippen LogP contribution in [-0.2, 0) is 11.2 Å². The van der Waals surface area contributed by atoms with Crippen LogP contribution in [0.1, 0.15) is 31.9 Å². The third-order valence-corrected chi connectivity index (χ3v) is 3.43. The number of rotatable bonds is 2. The van der Waals surface area contributed by atoms with Gasteiger partial charge in [-0.15, -0.1) is 0 Å². The van der Waals surface area contributed by atoms with E-state index in [4.69, 9.17) is 4.74 Å². The van der Waals surface area contributed by atoms with Gasteiger partial charge in [0.1, 0.15) is 0 Å². The van der Waals surface area contributed by atoms with Crippen LogP contribution in [-0.4, -0.2) is 23.7 Å². The second-order valence-electron chi connectivity index (χ2n) is 4.90. The molecule has 2 unspecified atom stereocenters. The lowest BCUT2D eigenvalue weighted by Crippen LogP contribution is -2.46. The fourth-order valence-corrected chi connectivity index (χ4v) is 2.61. The minimum absolute atomic E-state index is 0.191. The molecular formula is C14H21NO2. The lowest BCUT2D eigenvalue weighted by atomic mass is 10.0. The number of hydrogen-bond acceptors (Lipinski definition) is 3. The van der Waals surface area contributed by atoms with Crippen molar-refractivity contribution in [2.75, 3.05) is 11.5 Å². The van der Waals surface area contributed by atoms with Crippen LogP contribution >= 0.6 is 0 Å². The van der Waals surface area contributed by atoms with Gasteiger partial charge in [-0.1, -0.05) is 25.1 Å². The molecule has 3 nitrogen and oxygen atoms in total. The van der Waals surface area contributed by atoms with Gasteiger partial charge in [-0.3, -0.25) is 0 Å². The minimum atomic E-state index is -1.20. The molecule has 0 radical (unpaired) electrons. The Morgan fingerprint density at radius 2 is 2.24 bits per heavy atom. The van der Waals surface area contributed by atoms with Gasteiger partial charge in [-0.05, 0) is 31.4 Å². The maximum absolute atomic E-state index is 10.3. The van der Waals surface area contributed by atoms with Gasteiger partial charge in [0.2, 0.25) is 5.91 Å². The summed E-state index contributed by atoms with van der Waals surface area (Å²) in [4.78, 5) is 1.99. The standard InChI is InChI=1S/C14H21NO2/c1-5-12-8-6-7-10(2)13(12)15-11(3)9-17-14(15,4)16/h6-8,11,16H,5,9H2,1-4H3. The van der Waals surface area contributed by atoms with Crippen LogP contribution in [0.25, 0.3) is 0 Å². The molecule has 2 atom stereocenters. The predicted octanol–water partition coefficient (Wildman–Crippen LogP) is 2.45. The number of hydrogen-bond donors (Lipinski definition) is 1. The Morgan fingerprint density at radius 1 is 1.53 bits per heavy atom. The largest absolute Gasteiger partial charge is 0.349 e. The van der Waals surface area contributed by atoms with Crippen LogP contribution in [0.2, 0.25) is 0 Å². The highest BCUT2D eigenvalue weighted by Crippen LogP contribution is 2.36. The van der Waals surface area contributed by atoms with Gasteiger partial charge in [0.05, 0.1) is 12.6 Å². The lowest BCUT2D eigenvalue weighted by Gasteiger charge is -2.35. The highest BCUT2D eigenvalue weighted by Gasteiger charge is 2.41. The number of ether oxygens (including phenoxy) is 1. The van der Waals surface area contributed by atoms with E-state index in [1.165, 1.54) is 11.1 Å². The Bertz CT molecular complexity index is 415. The van der Waals surface area contributed by atoms with E-state index in [0.29, 0.717) is 6.61 Å². The molecule has 1 aromatic carbocycles. The Morgan fingerprint density at radius 3 is 2.76 bits per heavy atom. The fourth-order valence-electron chi connectivity index (χ4n) is 2.61. The van der Waals surface area contributed by atoms with E-state index in [1.54, 1.807) is 6.92 Å². The molecule has 17 heavy (non-hydrogen) atoms. The van der Waals surface area contributed by atoms with E-state index in [2.05, 4.69) is 39.0 Å². The van der Waals surface area contributed by atoms with Crippen LogP contribution in [0.5, 0.6) is 0 Å². The summed E-state index contributed by atoms with van der Waals surface area (Å²) in [7, 11) is 0. The maximum Gasteiger partial charge on any atom is 0.246 e. The van der Waals surface area contributed by atoms with Crippen molar-refractivity contribution in [2.45, 2.75) is 46.1 Å². The molecule has 0 spiro atoms. The first-order chi connectivity index (χ1) is 7.97. The molecule has 2 rings (SSSR count). The molecule has 1 heterocycles. The Balaban J connectivity index is 2.52.